The molecule has 1 aliphatic rings. The Kier molecular flexibility index (Phi) is 4.84. The Morgan fingerprint density at radius 1 is 1.30 bits per heavy atom. The molecule has 3 heterocycles. The molecule has 1 fully saturated rings. The van der Waals surface area contributed by atoms with Crippen LogP contribution in [-0.4, -0.2) is 32.3 Å². The molecule has 1 amide bonds. The van der Waals surface area contributed by atoms with E-state index in [0.29, 0.717) is 11.3 Å². The van der Waals surface area contributed by atoms with E-state index in [-0.39, 0.29) is 16.7 Å². The number of hydrogen-bond donors (Lipinski definition) is 1. The normalized spacial score (nSPS) is 15.7. The van der Waals surface area contributed by atoms with E-state index < -0.39 is 10.0 Å². The van der Waals surface area contributed by atoms with Crippen molar-refractivity contribution in [2.45, 2.75) is 30.0 Å². The van der Waals surface area contributed by atoms with Crippen molar-refractivity contribution in [2.75, 3.05) is 13.1 Å². The first-order valence-electron chi connectivity index (χ1n) is 7.46. The molecular weight excluding hydrogens is 336 g/mol. The summed E-state index contributed by atoms with van der Waals surface area (Å²) in [6, 6.07) is 4.85. The monoisotopic (exact) mass is 354 g/mol. The zero-order valence-corrected chi connectivity index (χ0v) is 14.2. The molecule has 1 N–H and O–H groups in total. The van der Waals surface area contributed by atoms with Crippen LogP contribution in [0.15, 0.2) is 38.5 Å². The Balaban J connectivity index is 1.68. The number of furan rings is 1. The maximum absolute atomic E-state index is 12.4. The molecule has 0 atom stereocenters. The molecule has 0 spiro atoms. The Bertz CT molecular complexity index is 759. The average Bonchev–Trinajstić information content (AvgIpc) is 3.25. The second-order valence-corrected chi connectivity index (χ2v) is 8.32. The number of hydrogen-bond acceptors (Lipinski definition) is 5. The van der Waals surface area contributed by atoms with Crippen LogP contribution in [0.3, 0.4) is 0 Å². The van der Waals surface area contributed by atoms with Crippen LogP contribution in [0.2, 0.25) is 0 Å². The Labute approximate surface area is 139 Å². The van der Waals surface area contributed by atoms with Crippen LogP contribution < -0.4 is 4.72 Å². The van der Waals surface area contributed by atoms with Gasteiger partial charge in [-0.2, -0.15) is 0 Å². The lowest BCUT2D eigenvalue weighted by atomic mass is 10.1. The van der Waals surface area contributed by atoms with Gasteiger partial charge in [0.05, 0.1) is 18.4 Å². The topological polar surface area (TPSA) is 79.6 Å². The molecule has 0 aliphatic carbocycles. The van der Waals surface area contributed by atoms with Crippen LogP contribution in [-0.2, 0) is 16.6 Å². The average molecular weight is 354 g/mol. The molecule has 1 saturated heterocycles. The highest BCUT2D eigenvalue weighted by atomic mass is 32.2. The molecule has 124 valence electrons. The highest BCUT2D eigenvalue weighted by molar-refractivity contribution is 7.91. The first-order chi connectivity index (χ1) is 11.1. The van der Waals surface area contributed by atoms with Crippen molar-refractivity contribution in [1.82, 2.24) is 9.62 Å². The molecule has 23 heavy (non-hydrogen) atoms. The number of carbonyl (C=O) groups is 1. The van der Waals surface area contributed by atoms with E-state index in [1.54, 1.807) is 22.4 Å². The molecule has 3 rings (SSSR count). The molecule has 0 radical (unpaired) electrons. The fourth-order valence-corrected chi connectivity index (χ4v) is 4.69. The lowest BCUT2D eigenvalue weighted by Gasteiger charge is -2.26. The summed E-state index contributed by atoms with van der Waals surface area (Å²) < 4.78 is 32.3. The molecule has 0 unspecified atom stereocenters. The van der Waals surface area contributed by atoms with E-state index in [9.17, 15) is 13.2 Å². The van der Waals surface area contributed by atoms with Gasteiger partial charge in [-0.25, -0.2) is 13.1 Å². The number of carbonyl (C=O) groups excluding carboxylic acids is 1. The van der Waals surface area contributed by atoms with Gasteiger partial charge in [0.25, 0.3) is 5.91 Å². The third-order valence-corrected chi connectivity index (χ3v) is 6.59. The zero-order valence-electron chi connectivity index (χ0n) is 12.5. The predicted octanol–water partition coefficient (Wildman–Crippen LogP) is 2.45. The van der Waals surface area contributed by atoms with Gasteiger partial charge in [-0.3, -0.25) is 4.79 Å². The first-order valence-corrected chi connectivity index (χ1v) is 9.82. The predicted molar refractivity (Wildman–Crippen MR) is 86.8 cm³/mol. The molecule has 8 heteroatoms. The van der Waals surface area contributed by atoms with Crippen molar-refractivity contribution in [2.24, 2.45) is 0 Å². The zero-order chi connectivity index (χ0) is 16.3. The summed E-state index contributed by atoms with van der Waals surface area (Å²) in [5, 5.41) is 1.61. The van der Waals surface area contributed by atoms with Crippen LogP contribution in [0.4, 0.5) is 0 Å². The summed E-state index contributed by atoms with van der Waals surface area (Å²) in [7, 11) is -3.64. The van der Waals surface area contributed by atoms with E-state index in [1.807, 2.05) is 0 Å². The van der Waals surface area contributed by atoms with Crippen molar-refractivity contribution < 1.29 is 17.6 Å². The standard InChI is InChI=1S/C15H18N2O4S2/c18-15(17-6-2-1-3-7-17)12-9-14(22-11-12)23(19,20)16-10-13-5-4-8-21-13/h4-5,8-9,11,16H,1-3,6-7,10H2. The number of amides is 1. The summed E-state index contributed by atoms with van der Waals surface area (Å²) in [6.45, 7) is 1.57. The van der Waals surface area contributed by atoms with Crippen LogP contribution in [0.25, 0.3) is 0 Å². The van der Waals surface area contributed by atoms with E-state index in [0.717, 1.165) is 43.7 Å². The minimum atomic E-state index is -3.64. The van der Waals surface area contributed by atoms with E-state index in [2.05, 4.69) is 4.72 Å². The molecule has 6 nitrogen and oxygen atoms in total. The molecule has 2 aromatic heterocycles. The number of likely N-dealkylation sites (tertiary alicyclic amines) is 1. The van der Waals surface area contributed by atoms with Gasteiger partial charge in [0.15, 0.2) is 0 Å². The number of rotatable bonds is 5. The van der Waals surface area contributed by atoms with Crippen molar-refractivity contribution in [3.05, 3.63) is 41.2 Å². The Morgan fingerprint density at radius 3 is 2.78 bits per heavy atom. The SMILES string of the molecule is O=C(c1csc(S(=O)(=O)NCc2ccco2)c1)N1CCCCC1. The molecular formula is C15H18N2O4S2. The van der Waals surface area contributed by atoms with Crippen LogP contribution in [0, 0.1) is 0 Å². The second kappa shape index (κ2) is 6.86. The maximum Gasteiger partial charge on any atom is 0.254 e. The largest absolute Gasteiger partial charge is 0.468 e. The fourth-order valence-electron chi connectivity index (χ4n) is 2.50. The third-order valence-electron chi connectivity index (χ3n) is 3.75. The summed E-state index contributed by atoms with van der Waals surface area (Å²) in [4.78, 5) is 14.2. The van der Waals surface area contributed by atoms with Gasteiger partial charge in [0.2, 0.25) is 10.0 Å². The Morgan fingerprint density at radius 2 is 2.09 bits per heavy atom. The van der Waals surface area contributed by atoms with Crippen molar-refractivity contribution in [3.8, 4) is 0 Å². The molecule has 2 aromatic rings. The third kappa shape index (κ3) is 3.82. The Hall–Kier alpha value is -1.64. The summed E-state index contributed by atoms with van der Waals surface area (Å²) in [6.07, 6.45) is 4.64. The van der Waals surface area contributed by atoms with Crippen LogP contribution >= 0.6 is 11.3 Å². The van der Waals surface area contributed by atoms with Gasteiger partial charge >= 0.3 is 0 Å². The number of thiophene rings is 1. The number of nitrogens with one attached hydrogen (secondary N) is 1. The summed E-state index contributed by atoms with van der Waals surface area (Å²) in [5.74, 6) is 0.447. The van der Waals surface area contributed by atoms with E-state index >= 15 is 0 Å². The molecule has 0 bridgehead atoms. The van der Waals surface area contributed by atoms with Crippen molar-refractivity contribution in [3.63, 3.8) is 0 Å². The molecule has 1 aliphatic heterocycles. The maximum atomic E-state index is 12.4. The van der Waals surface area contributed by atoms with E-state index in [1.165, 1.54) is 12.3 Å². The van der Waals surface area contributed by atoms with Crippen molar-refractivity contribution >= 4 is 27.3 Å². The van der Waals surface area contributed by atoms with Gasteiger partial charge < -0.3 is 9.32 Å². The van der Waals surface area contributed by atoms with Gasteiger partial charge in [-0.1, -0.05) is 0 Å². The summed E-state index contributed by atoms with van der Waals surface area (Å²) >= 11 is 1.06. The molecule has 0 saturated carbocycles. The fraction of sp³-hybridized carbons (Fsp3) is 0.400. The number of sulfonamides is 1. The van der Waals surface area contributed by atoms with Gasteiger partial charge in [-0.15, -0.1) is 11.3 Å². The molecule has 0 aromatic carbocycles. The smallest absolute Gasteiger partial charge is 0.254 e. The van der Waals surface area contributed by atoms with Crippen LogP contribution in [0.1, 0.15) is 35.4 Å². The summed E-state index contributed by atoms with van der Waals surface area (Å²) in [5.41, 5.74) is 0.440. The lowest BCUT2D eigenvalue weighted by Crippen LogP contribution is -2.35. The van der Waals surface area contributed by atoms with Gasteiger partial charge in [-0.05, 0) is 37.5 Å². The second-order valence-electron chi connectivity index (χ2n) is 5.41. The van der Waals surface area contributed by atoms with E-state index in [4.69, 9.17) is 4.42 Å². The minimum absolute atomic E-state index is 0.0860. The number of nitrogens with zero attached hydrogens (tertiary/aromatic N) is 1. The quantitative estimate of drug-likeness (QED) is 0.894. The van der Waals surface area contributed by atoms with Crippen LogP contribution in [0.5, 0.6) is 0 Å². The highest BCUT2D eigenvalue weighted by Crippen LogP contribution is 2.23. The highest BCUT2D eigenvalue weighted by Gasteiger charge is 2.23. The minimum Gasteiger partial charge on any atom is -0.468 e. The first kappa shape index (κ1) is 16.2. The lowest BCUT2D eigenvalue weighted by molar-refractivity contribution is 0.0725. The van der Waals surface area contributed by atoms with Gasteiger partial charge in [0.1, 0.15) is 9.97 Å². The van der Waals surface area contributed by atoms with Crippen molar-refractivity contribution in [1.29, 1.82) is 0 Å². The number of piperidine rings is 1. The van der Waals surface area contributed by atoms with Gasteiger partial charge in [0, 0.05) is 18.5 Å².